The van der Waals surface area contributed by atoms with Gasteiger partial charge in [0, 0.05) is 11.6 Å². The summed E-state index contributed by atoms with van der Waals surface area (Å²) >= 11 is 0. The molecule has 0 bridgehead atoms. The van der Waals surface area contributed by atoms with E-state index in [1.165, 1.54) is 13.0 Å². The normalized spacial score (nSPS) is 10.7. The Bertz CT molecular complexity index is 724. The number of nitriles is 1. The molecular formula is C10H10N4O6S. The third kappa shape index (κ3) is 3.42. The molecule has 0 aliphatic carbocycles. The molecule has 112 valence electrons. The summed E-state index contributed by atoms with van der Waals surface area (Å²) in [4.78, 5) is 20.3. The number of benzene rings is 1. The van der Waals surface area contributed by atoms with Gasteiger partial charge in [-0.05, 0) is 17.4 Å². The lowest BCUT2D eigenvalue weighted by Crippen LogP contribution is -2.37. The minimum Gasteiger partial charge on any atom is -0.258 e. The van der Waals surface area contributed by atoms with Crippen LogP contribution < -0.4 is 0 Å². The van der Waals surface area contributed by atoms with Crippen LogP contribution in [0, 0.1) is 38.5 Å². The zero-order chi connectivity index (χ0) is 16.2. The number of rotatable bonds is 6. The van der Waals surface area contributed by atoms with E-state index in [0.717, 1.165) is 12.1 Å². The van der Waals surface area contributed by atoms with Crippen molar-refractivity contribution in [3.05, 3.63) is 44.0 Å². The van der Waals surface area contributed by atoms with Crippen molar-refractivity contribution in [1.29, 1.82) is 5.26 Å². The van der Waals surface area contributed by atoms with Crippen molar-refractivity contribution in [1.82, 2.24) is 4.41 Å². The monoisotopic (exact) mass is 314 g/mol. The zero-order valence-corrected chi connectivity index (χ0v) is 11.6. The summed E-state index contributed by atoms with van der Waals surface area (Å²) in [6.07, 6.45) is -0.381. The highest BCUT2D eigenvalue weighted by molar-refractivity contribution is 7.89. The summed E-state index contributed by atoms with van der Waals surface area (Å²) in [7, 11) is -4.57. The Morgan fingerprint density at radius 1 is 1.33 bits per heavy atom. The number of nitrogens with zero attached hydrogens (tertiary/aromatic N) is 4. The number of hydrogen-bond donors (Lipinski definition) is 0. The van der Waals surface area contributed by atoms with E-state index in [0.29, 0.717) is 0 Å². The molecule has 0 N–H and O–H groups in total. The molecule has 0 atom stereocenters. The molecule has 0 aliphatic rings. The van der Waals surface area contributed by atoms with E-state index >= 15 is 0 Å². The van der Waals surface area contributed by atoms with Crippen LogP contribution in [0.4, 0.5) is 5.69 Å². The molecule has 0 unspecified atom stereocenters. The smallest absolute Gasteiger partial charge is 0.258 e. The second-order valence-corrected chi connectivity index (χ2v) is 5.75. The number of nitro benzene ring substituents is 1. The first-order chi connectivity index (χ1) is 9.71. The molecule has 0 amide bonds. The van der Waals surface area contributed by atoms with E-state index in [-0.39, 0.29) is 16.4 Å². The molecule has 11 heteroatoms. The predicted octanol–water partition coefficient (Wildman–Crippen LogP) is 0.999. The molecule has 0 aliphatic heterocycles. The zero-order valence-electron chi connectivity index (χ0n) is 10.8. The molecule has 0 radical (unpaired) electrons. The van der Waals surface area contributed by atoms with Gasteiger partial charge < -0.3 is 0 Å². The molecule has 0 spiro atoms. The number of aryl methyl sites for hydroxylation is 1. The fraction of sp³-hybridized carbons (Fsp3) is 0.300. The van der Waals surface area contributed by atoms with Crippen LogP contribution in [-0.4, -0.2) is 29.3 Å². The standard InChI is InChI=1S/C10H10N4O6S/c1-8-3-4-9(7-10(8)13(15)16)21(19,20)12(14(17)18)6-2-5-11/h3-4,7H,2,6H2,1H3. The summed E-state index contributed by atoms with van der Waals surface area (Å²) < 4.78 is 24.1. The van der Waals surface area contributed by atoms with Crippen molar-refractivity contribution in [3.63, 3.8) is 0 Å². The molecule has 1 aromatic rings. The van der Waals surface area contributed by atoms with Gasteiger partial charge in [-0.15, -0.1) is 0 Å². The summed E-state index contributed by atoms with van der Waals surface area (Å²) in [5, 5.41) is 28.9. The minimum absolute atomic E-state index is 0.107. The van der Waals surface area contributed by atoms with Gasteiger partial charge in [0.2, 0.25) is 0 Å². The van der Waals surface area contributed by atoms with E-state index in [4.69, 9.17) is 5.26 Å². The molecule has 10 nitrogen and oxygen atoms in total. The SMILES string of the molecule is Cc1ccc(S(=O)(=O)N(CCC#N)[N+](=O)[O-])cc1[N+](=O)[O-]. The van der Waals surface area contributed by atoms with E-state index < -0.39 is 37.1 Å². The topological polar surface area (TPSA) is 147 Å². The van der Waals surface area contributed by atoms with Crippen LogP contribution in [0.3, 0.4) is 0 Å². The molecule has 0 saturated carbocycles. The first kappa shape index (κ1) is 16.3. The Morgan fingerprint density at radius 2 is 1.95 bits per heavy atom. The van der Waals surface area contributed by atoms with Crippen LogP contribution in [-0.2, 0) is 10.0 Å². The van der Waals surface area contributed by atoms with Crippen LogP contribution in [0.5, 0.6) is 0 Å². The molecule has 1 rings (SSSR count). The lowest BCUT2D eigenvalue weighted by atomic mass is 10.2. The van der Waals surface area contributed by atoms with Gasteiger partial charge in [-0.3, -0.25) is 10.1 Å². The van der Waals surface area contributed by atoms with Gasteiger partial charge in [0.15, 0.2) is 5.03 Å². The minimum atomic E-state index is -4.57. The number of hydrogen-bond acceptors (Lipinski definition) is 7. The number of nitro groups is 2. The average Bonchev–Trinajstić information content (AvgIpc) is 2.38. The lowest BCUT2D eigenvalue weighted by Gasteiger charge is -2.13. The average molecular weight is 314 g/mol. The first-order valence-electron chi connectivity index (χ1n) is 5.51. The van der Waals surface area contributed by atoms with Gasteiger partial charge in [-0.25, -0.2) is 10.1 Å². The van der Waals surface area contributed by atoms with Crippen LogP contribution in [0.15, 0.2) is 23.1 Å². The summed E-state index contributed by atoms with van der Waals surface area (Å²) in [5.74, 6) is 0. The molecule has 21 heavy (non-hydrogen) atoms. The van der Waals surface area contributed by atoms with Gasteiger partial charge >= 0.3 is 10.0 Å². The largest absolute Gasteiger partial charge is 0.313 e. The molecule has 0 saturated heterocycles. The molecule has 0 heterocycles. The Morgan fingerprint density at radius 3 is 2.43 bits per heavy atom. The predicted molar refractivity (Wildman–Crippen MR) is 68.9 cm³/mol. The van der Waals surface area contributed by atoms with E-state index in [1.54, 1.807) is 6.07 Å². The fourth-order valence-corrected chi connectivity index (χ4v) is 2.75. The van der Waals surface area contributed by atoms with Crippen molar-refractivity contribution in [2.24, 2.45) is 0 Å². The van der Waals surface area contributed by atoms with Gasteiger partial charge in [-0.2, -0.15) is 13.7 Å². The number of hydrazine groups is 1. The summed E-state index contributed by atoms with van der Waals surface area (Å²) in [5.41, 5.74) is -0.233. The third-order valence-corrected chi connectivity index (χ3v) is 4.27. The Hall–Kier alpha value is -2.74. The van der Waals surface area contributed by atoms with Gasteiger partial charge in [0.05, 0.1) is 22.3 Å². The highest BCUT2D eigenvalue weighted by Gasteiger charge is 2.33. The maximum atomic E-state index is 12.1. The summed E-state index contributed by atoms with van der Waals surface area (Å²) in [6.45, 7) is 0.767. The Kier molecular flexibility index (Phi) is 4.77. The van der Waals surface area contributed by atoms with Gasteiger partial charge in [0.25, 0.3) is 5.69 Å². The van der Waals surface area contributed by atoms with E-state index in [9.17, 15) is 28.6 Å². The van der Waals surface area contributed by atoms with Crippen molar-refractivity contribution in [2.45, 2.75) is 18.2 Å². The van der Waals surface area contributed by atoms with E-state index in [1.807, 2.05) is 0 Å². The Labute approximate surface area is 119 Å². The van der Waals surface area contributed by atoms with Crippen LogP contribution >= 0.6 is 0 Å². The second kappa shape index (κ2) is 6.14. The lowest BCUT2D eigenvalue weighted by molar-refractivity contribution is -0.619. The molecular weight excluding hydrogens is 304 g/mol. The quantitative estimate of drug-likeness (QED) is 0.561. The van der Waals surface area contributed by atoms with Gasteiger partial charge in [0.1, 0.15) is 6.54 Å². The Balaban J connectivity index is 3.35. The van der Waals surface area contributed by atoms with Crippen molar-refractivity contribution in [3.8, 4) is 6.07 Å². The van der Waals surface area contributed by atoms with Crippen molar-refractivity contribution >= 4 is 15.7 Å². The molecule has 0 aromatic heterocycles. The van der Waals surface area contributed by atoms with E-state index in [2.05, 4.69) is 0 Å². The van der Waals surface area contributed by atoms with Gasteiger partial charge in [-0.1, -0.05) is 6.07 Å². The molecule has 0 fully saturated rings. The highest BCUT2D eigenvalue weighted by Crippen LogP contribution is 2.24. The van der Waals surface area contributed by atoms with Crippen LogP contribution in [0.2, 0.25) is 0 Å². The van der Waals surface area contributed by atoms with Crippen molar-refractivity contribution in [2.75, 3.05) is 6.54 Å². The third-order valence-electron chi connectivity index (χ3n) is 2.55. The number of sulfonamides is 1. The maximum Gasteiger partial charge on any atom is 0.313 e. The first-order valence-corrected chi connectivity index (χ1v) is 6.95. The van der Waals surface area contributed by atoms with Crippen LogP contribution in [0.25, 0.3) is 0 Å². The van der Waals surface area contributed by atoms with Crippen LogP contribution in [0.1, 0.15) is 12.0 Å². The fourth-order valence-electron chi connectivity index (χ4n) is 1.50. The highest BCUT2D eigenvalue weighted by atomic mass is 32.2. The van der Waals surface area contributed by atoms with Crippen molar-refractivity contribution < 1.29 is 18.4 Å². The second-order valence-electron chi connectivity index (χ2n) is 3.90. The molecule has 1 aromatic carbocycles. The summed E-state index contributed by atoms with van der Waals surface area (Å²) in [6, 6.07) is 4.58. The maximum absolute atomic E-state index is 12.1.